The van der Waals surface area contributed by atoms with Crippen molar-refractivity contribution in [3.05, 3.63) is 40.9 Å². The molecule has 0 atom stereocenters. The van der Waals surface area contributed by atoms with E-state index in [1.165, 1.54) is 0 Å². The van der Waals surface area contributed by atoms with E-state index in [-0.39, 0.29) is 0 Å². The summed E-state index contributed by atoms with van der Waals surface area (Å²) in [4.78, 5) is 3.93. The van der Waals surface area contributed by atoms with Gasteiger partial charge in [-0.25, -0.2) is 4.68 Å². The predicted octanol–water partition coefficient (Wildman–Crippen LogP) is 1.57. The van der Waals surface area contributed by atoms with E-state index in [2.05, 4.69) is 15.3 Å². The molecule has 0 fully saturated rings. The topological polar surface area (TPSA) is 69.6 Å². The van der Waals surface area contributed by atoms with Gasteiger partial charge >= 0.3 is 0 Å². The van der Waals surface area contributed by atoms with Gasteiger partial charge in [-0.2, -0.15) is 0 Å². The van der Waals surface area contributed by atoms with Crippen LogP contribution >= 0.6 is 11.6 Å². The first-order chi connectivity index (χ1) is 7.97. The van der Waals surface area contributed by atoms with E-state index in [1.807, 2.05) is 26.1 Å². The van der Waals surface area contributed by atoms with Crippen molar-refractivity contribution in [1.29, 1.82) is 0 Å². The van der Waals surface area contributed by atoms with Gasteiger partial charge in [0.1, 0.15) is 5.69 Å². The SMILES string of the molecule is CC(C)(N)c1cn(Cc2ccncc2Cl)nn1. The van der Waals surface area contributed by atoms with Gasteiger partial charge in [-0.15, -0.1) is 5.10 Å². The number of hydrogen-bond donors (Lipinski definition) is 1. The minimum absolute atomic E-state index is 0.486. The Morgan fingerprint density at radius 3 is 2.82 bits per heavy atom. The van der Waals surface area contributed by atoms with Gasteiger partial charge < -0.3 is 5.73 Å². The molecule has 0 unspecified atom stereocenters. The first-order valence-electron chi connectivity index (χ1n) is 5.25. The van der Waals surface area contributed by atoms with Gasteiger partial charge in [0.2, 0.25) is 0 Å². The molecule has 0 radical (unpaired) electrons. The van der Waals surface area contributed by atoms with Gasteiger partial charge in [0.05, 0.1) is 23.3 Å². The molecule has 2 aromatic rings. The average Bonchev–Trinajstić information content (AvgIpc) is 2.69. The van der Waals surface area contributed by atoms with Crippen LogP contribution in [0.2, 0.25) is 5.02 Å². The highest BCUT2D eigenvalue weighted by Gasteiger charge is 2.18. The Labute approximate surface area is 105 Å². The highest BCUT2D eigenvalue weighted by atomic mass is 35.5. The number of nitrogens with zero attached hydrogens (tertiary/aromatic N) is 4. The summed E-state index contributed by atoms with van der Waals surface area (Å²) in [5, 5.41) is 8.69. The van der Waals surface area contributed by atoms with Crippen LogP contribution in [0.1, 0.15) is 25.1 Å². The van der Waals surface area contributed by atoms with Crippen LogP contribution in [0.4, 0.5) is 0 Å². The zero-order valence-corrected chi connectivity index (χ0v) is 10.5. The summed E-state index contributed by atoms with van der Waals surface area (Å²) < 4.78 is 1.71. The molecule has 0 spiro atoms. The van der Waals surface area contributed by atoms with Crippen molar-refractivity contribution in [2.75, 3.05) is 0 Å². The largest absolute Gasteiger partial charge is 0.320 e. The molecular weight excluding hydrogens is 238 g/mol. The van der Waals surface area contributed by atoms with Crippen molar-refractivity contribution in [2.45, 2.75) is 25.9 Å². The van der Waals surface area contributed by atoms with Crippen LogP contribution in [0.25, 0.3) is 0 Å². The van der Waals surface area contributed by atoms with Crippen molar-refractivity contribution in [2.24, 2.45) is 5.73 Å². The molecule has 2 heterocycles. The molecule has 0 bridgehead atoms. The Hall–Kier alpha value is -1.46. The summed E-state index contributed by atoms with van der Waals surface area (Å²) >= 11 is 6.02. The highest BCUT2D eigenvalue weighted by Crippen LogP contribution is 2.16. The Morgan fingerprint density at radius 1 is 1.47 bits per heavy atom. The lowest BCUT2D eigenvalue weighted by atomic mass is 10.0. The van der Waals surface area contributed by atoms with E-state index < -0.39 is 5.54 Å². The van der Waals surface area contributed by atoms with Crippen molar-refractivity contribution in [1.82, 2.24) is 20.0 Å². The van der Waals surface area contributed by atoms with E-state index >= 15 is 0 Å². The standard InChI is InChI=1S/C11H14ClN5/c1-11(2,13)10-7-17(16-15-10)6-8-3-4-14-5-9(8)12/h3-5,7H,6,13H2,1-2H3. The second-order valence-corrected chi connectivity index (χ2v) is 4.90. The number of aromatic nitrogens is 4. The van der Waals surface area contributed by atoms with Crippen molar-refractivity contribution < 1.29 is 0 Å². The summed E-state index contributed by atoms with van der Waals surface area (Å²) in [5.41, 5.74) is 7.16. The fourth-order valence-electron chi connectivity index (χ4n) is 1.38. The first-order valence-corrected chi connectivity index (χ1v) is 5.62. The molecule has 0 aliphatic rings. The zero-order chi connectivity index (χ0) is 12.5. The maximum absolute atomic E-state index is 6.02. The first kappa shape index (κ1) is 12.0. The summed E-state index contributed by atoms with van der Waals surface area (Å²) in [7, 11) is 0. The second-order valence-electron chi connectivity index (χ2n) is 4.49. The lowest BCUT2D eigenvalue weighted by Crippen LogP contribution is -2.29. The van der Waals surface area contributed by atoms with Crippen molar-refractivity contribution in [3.63, 3.8) is 0 Å². The minimum atomic E-state index is -0.486. The van der Waals surface area contributed by atoms with Crippen LogP contribution in [0.3, 0.4) is 0 Å². The van der Waals surface area contributed by atoms with E-state index in [9.17, 15) is 0 Å². The molecular formula is C11H14ClN5. The molecule has 2 aromatic heterocycles. The van der Waals surface area contributed by atoms with Gasteiger partial charge in [0.15, 0.2) is 0 Å². The summed E-state index contributed by atoms with van der Waals surface area (Å²) in [5.74, 6) is 0. The number of pyridine rings is 1. The maximum Gasteiger partial charge on any atom is 0.102 e. The molecule has 90 valence electrons. The molecule has 0 amide bonds. The number of halogens is 1. The van der Waals surface area contributed by atoms with Crippen LogP contribution in [0.15, 0.2) is 24.7 Å². The summed E-state index contributed by atoms with van der Waals surface area (Å²) in [6.45, 7) is 4.34. The fraction of sp³-hybridized carbons (Fsp3) is 0.364. The fourth-order valence-corrected chi connectivity index (χ4v) is 1.56. The van der Waals surface area contributed by atoms with E-state index in [4.69, 9.17) is 17.3 Å². The van der Waals surface area contributed by atoms with Gasteiger partial charge in [-0.3, -0.25) is 4.98 Å². The van der Waals surface area contributed by atoms with Crippen LogP contribution in [-0.2, 0) is 12.1 Å². The third-order valence-electron chi connectivity index (χ3n) is 2.39. The second kappa shape index (κ2) is 4.43. The van der Waals surface area contributed by atoms with Gasteiger partial charge in [0, 0.05) is 12.4 Å². The maximum atomic E-state index is 6.02. The van der Waals surface area contributed by atoms with Crippen LogP contribution < -0.4 is 5.73 Å². The lowest BCUT2D eigenvalue weighted by Gasteiger charge is -2.13. The van der Waals surface area contributed by atoms with Gasteiger partial charge in [-0.1, -0.05) is 16.8 Å². The predicted molar refractivity (Wildman–Crippen MR) is 65.6 cm³/mol. The van der Waals surface area contributed by atoms with Crippen molar-refractivity contribution >= 4 is 11.6 Å². The molecule has 0 aliphatic heterocycles. The molecule has 2 rings (SSSR count). The molecule has 0 aliphatic carbocycles. The Bertz CT molecular complexity index is 515. The highest BCUT2D eigenvalue weighted by molar-refractivity contribution is 6.31. The molecule has 0 saturated heterocycles. The molecule has 17 heavy (non-hydrogen) atoms. The van der Waals surface area contributed by atoms with E-state index in [1.54, 1.807) is 17.1 Å². The van der Waals surface area contributed by atoms with Crippen LogP contribution in [-0.4, -0.2) is 20.0 Å². The van der Waals surface area contributed by atoms with E-state index in [0.717, 1.165) is 11.3 Å². The zero-order valence-electron chi connectivity index (χ0n) is 9.76. The Morgan fingerprint density at radius 2 is 2.24 bits per heavy atom. The molecule has 5 nitrogen and oxygen atoms in total. The number of nitrogens with two attached hydrogens (primary N) is 1. The lowest BCUT2D eigenvalue weighted by molar-refractivity contribution is 0.533. The Kier molecular flexibility index (Phi) is 3.13. The minimum Gasteiger partial charge on any atom is -0.320 e. The summed E-state index contributed by atoms with van der Waals surface area (Å²) in [6.07, 6.45) is 5.14. The average molecular weight is 252 g/mol. The third kappa shape index (κ3) is 2.81. The molecule has 2 N–H and O–H groups in total. The summed E-state index contributed by atoms with van der Waals surface area (Å²) in [6, 6.07) is 1.86. The monoisotopic (exact) mass is 251 g/mol. The normalized spacial score (nSPS) is 11.8. The Balaban J connectivity index is 2.21. The molecule has 6 heteroatoms. The quantitative estimate of drug-likeness (QED) is 0.899. The van der Waals surface area contributed by atoms with Gasteiger partial charge in [-0.05, 0) is 25.5 Å². The van der Waals surface area contributed by atoms with E-state index in [0.29, 0.717) is 11.6 Å². The molecule has 0 aromatic carbocycles. The molecule has 0 saturated carbocycles. The smallest absolute Gasteiger partial charge is 0.102 e. The number of rotatable bonds is 3. The third-order valence-corrected chi connectivity index (χ3v) is 2.73. The van der Waals surface area contributed by atoms with Crippen LogP contribution in [0, 0.1) is 0 Å². The van der Waals surface area contributed by atoms with Crippen molar-refractivity contribution in [3.8, 4) is 0 Å². The number of hydrogen-bond acceptors (Lipinski definition) is 4. The van der Waals surface area contributed by atoms with Gasteiger partial charge in [0.25, 0.3) is 0 Å². The van der Waals surface area contributed by atoms with Crippen LogP contribution in [0.5, 0.6) is 0 Å².